The fraction of sp³-hybridized carbons (Fsp3) is 0.300. The van der Waals surface area contributed by atoms with E-state index in [0.29, 0.717) is 11.4 Å². The normalized spacial score (nSPS) is 11.1. The Morgan fingerprint density at radius 2 is 2.18 bits per heavy atom. The number of oxime groups is 1. The van der Waals surface area contributed by atoms with Crippen molar-refractivity contribution < 1.29 is 14.7 Å². The van der Waals surface area contributed by atoms with Crippen LogP contribution in [0.25, 0.3) is 0 Å². The van der Waals surface area contributed by atoms with Gasteiger partial charge in [-0.3, -0.25) is 0 Å². The van der Waals surface area contributed by atoms with E-state index in [1.807, 2.05) is 0 Å². The first kappa shape index (κ1) is 12.8. The molecular weight excluding hydrogens is 224 g/mol. The SMILES string of the molecule is COC(=O)c1cc(C(N)=NO)cc(N(C)C)n1. The highest BCUT2D eigenvalue weighted by molar-refractivity contribution is 6.00. The Hall–Kier alpha value is -2.31. The number of methoxy groups -OCH3 is 1. The second-order valence-electron chi connectivity index (χ2n) is 3.47. The van der Waals surface area contributed by atoms with E-state index >= 15 is 0 Å². The van der Waals surface area contributed by atoms with E-state index in [-0.39, 0.29) is 11.5 Å². The molecule has 0 aromatic carbocycles. The molecule has 0 amide bonds. The zero-order valence-corrected chi connectivity index (χ0v) is 9.84. The van der Waals surface area contributed by atoms with Crippen molar-refractivity contribution in [2.45, 2.75) is 0 Å². The number of hydrogen-bond donors (Lipinski definition) is 2. The van der Waals surface area contributed by atoms with Crippen LogP contribution in [0.4, 0.5) is 5.82 Å². The average molecular weight is 238 g/mol. The minimum atomic E-state index is -0.583. The fourth-order valence-electron chi connectivity index (χ4n) is 1.16. The molecule has 0 atom stereocenters. The van der Waals surface area contributed by atoms with Crippen molar-refractivity contribution in [3.63, 3.8) is 0 Å². The maximum absolute atomic E-state index is 11.4. The van der Waals surface area contributed by atoms with Crippen LogP contribution in [0.5, 0.6) is 0 Å². The Morgan fingerprint density at radius 3 is 2.65 bits per heavy atom. The van der Waals surface area contributed by atoms with E-state index in [0.717, 1.165) is 0 Å². The van der Waals surface area contributed by atoms with Crippen LogP contribution in [-0.2, 0) is 4.74 Å². The molecule has 7 nitrogen and oxygen atoms in total. The number of pyridine rings is 1. The number of hydrogen-bond acceptors (Lipinski definition) is 6. The summed E-state index contributed by atoms with van der Waals surface area (Å²) >= 11 is 0. The lowest BCUT2D eigenvalue weighted by Gasteiger charge is -2.13. The second-order valence-corrected chi connectivity index (χ2v) is 3.47. The standard InChI is InChI=1S/C10H14N4O3/c1-14(2)8-5-6(9(11)13-16)4-7(12-8)10(15)17-3/h4-5,16H,1-3H3,(H2,11,13). The van der Waals surface area contributed by atoms with Gasteiger partial charge in [0.1, 0.15) is 5.82 Å². The third-order valence-electron chi connectivity index (χ3n) is 2.07. The molecule has 0 aliphatic rings. The predicted molar refractivity (Wildman–Crippen MR) is 62.4 cm³/mol. The summed E-state index contributed by atoms with van der Waals surface area (Å²) in [4.78, 5) is 17.2. The van der Waals surface area contributed by atoms with E-state index in [1.54, 1.807) is 25.1 Å². The zero-order valence-electron chi connectivity index (χ0n) is 9.84. The van der Waals surface area contributed by atoms with Crippen molar-refractivity contribution in [3.05, 3.63) is 23.4 Å². The van der Waals surface area contributed by atoms with Gasteiger partial charge in [-0.25, -0.2) is 9.78 Å². The van der Waals surface area contributed by atoms with Crippen molar-refractivity contribution in [2.24, 2.45) is 10.9 Å². The van der Waals surface area contributed by atoms with Gasteiger partial charge in [0.25, 0.3) is 0 Å². The Kier molecular flexibility index (Phi) is 3.86. The molecule has 0 bridgehead atoms. The lowest BCUT2D eigenvalue weighted by Crippen LogP contribution is -2.19. The molecule has 3 N–H and O–H groups in total. The largest absolute Gasteiger partial charge is 0.464 e. The first-order chi connectivity index (χ1) is 7.99. The molecule has 0 aliphatic heterocycles. The summed E-state index contributed by atoms with van der Waals surface area (Å²) in [6.07, 6.45) is 0. The fourth-order valence-corrected chi connectivity index (χ4v) is 1.16. The molecule has 1 aromatic rings. The third kappa shape index (κ3) is 2.83. The Bertz CT molecular complexity index is 457. The van der Waals surface area contributed by atoms with Gasteiger partial charge in [-0.1, -0.05) is 5.16 Å². The van der Waals surface area contributed by atoms with Gasteiger partial charge in [-0.05, 0) is 12.1 Å². The molecule has 7 heteroatoms. The Balaban J connectivity index is 3.33. The number of ether oxygens (including phenoxy) is 1. The van der Waals surface area contributed by atoms with Crippen molar-refractivity contribution in [3.8, 4) is 0 Å². The second kappa shape index (κ2) is 5.15. The Morgan fingerprint density at radius 1 is 1.53 bits per heavy atom. The highest BCUT2D eigenvalue weighted by atomic mass is 16.5. The van der Waals surface area contributed by atoms with Crippen molar-refractivity contribution in [1.82, 2.24) is 4.98 Å². The summed E-state index contributed by atoms with van der Waals surface area (Å²) in [5, 5.41) is 11.5. The van der Waals surface area contributed by atoms with Gasteiger partial charge in [0.15, 0.2) is 11.5 Å². The average Bonchev–Trinajstić information content (AvgIpc) is 2.36. The molecule has 1 aromatic heterocycles. The minimum Gasteiger partial charge on any atom is -0.464 e. The first-order valence-electron chi connectivity index (χ1n) is 4.75. The molecule has 0 unspecified atom stereocenters. The van der Waals surface area contributed by atoms with Crippen LogP contribution >= 0.6 is 0 Å². The lowest BCUT2D eigenvalue weighted by molar-refractivity contribution is 0.0594. The summed E-state index contributed by atoms with van der Waals surface area (Å²) in [6, 6.07) is 3.00. The van der Waals surface area contributed by atoms with Gasteiger partial charge >= 0.3 is 5.97 Å². The summed E-state index contributed by atoms with van der Waals surface area (Å²) in [5.74, 6) is -0.171. The molecule has 0 radical (unpaired) electrons. The van der Waals surface area contributed by atoms with E-state index < -0.39 is 5.97 Å². The number of nitrogens with two attached hydrogens (primary N) is 1. The summed E-state index contributed by atoms with van der Waals surface area (Å²) in [6.45, 7) is 0. The Labute approximate surface area is 98.5 Å². The van der Waals surface area contributed by atoms with Gasteiger partial charge in [-0.2, -0.15) is 0 Å². The van der Waals surface area contributed by atoms with Crippen LogP contribution in [0.3, 0.4) is 0 Å². The monoisotopic (exact) mass is 238 g/mol. The van der Waals surface area contributed by atoms with Gasteiger partial charge < -0.3 is 20.6 Å². The summed E-state index contributed by atoms with van der Waals surface area (Å²) in [5.41, 5.74) is 5.97. The van der Waals surface area contributed by atoms with E-state index in [9.17, 15) is 4.79 Å². The molecule has 0 saturated heterocycles. The number of carbonyl (C=O) groups excluding carboxylic acids is 1. The van der Waals surface area contributed by atoms with Gasteiger partial charge in [0, 0.05) is 19.7 Å². The lowest BCUT2D eigenvalue weighted by atomic mass is 10.2. The van der Waals surface area contributed by atoms with Crippen LogP contribution < -0.4 is 10.6 Å². The quantitative estimate of drug-likeness (QED) is 0.253. The van der Waals surface area contributed by atoms with Crippen LogP contribution in [-0.4, -0.2) is 43.2 Å². The number of carbonyl (C=O) groups is 1. The maximum atomic E-state index is 11.4. The van der Waals surface area contributed by atoms with Crippen LogP contribution in [0.1, 0.15) is 16.1 Å². The van der Waals surface area contributed by atoms with Crippen LogP contribution in [0.15, 0.2) is 17.3 Å². The van der Waals surface area contributed by atoms with Crippen molar-refractivity contribution >= 4 is 17.6 Å². The first-order valence-corrected chi connectivity index (χ1v) is 4.75. The number of amidine groups is 1. The minimum absolute atomic E-state index is 0.0966. The molecule has 0 saturated carbocycles. The molecular formula is C10H14N4O3. The van der Waals surface area contributed by atoms with E-state index in [4.69, 9.17) is 10.9 Å². The molecule has 92 valence electrons. The third-order valence-corrected chi connectivity index (χ3v) is 2.07. The van der Waals surface area contributed by atoms with Gasteiger partial charge in [-0.15, -0.1) is 0 Å². The maximum Gasteiger partial charge on any atom is 0.356 e. The van der Waals surface area contributed by atoms with Crippen molar-refractivity contribution in [2.75, 3.05) is 26.1 Å². The molecule has 0 spiro atoms. The molecule has 0 aliphatic carbocycles. The highest BCUT2D eigenvalue weighted by Gasteiger charge is 2.13. The zero-order chi connectivity index (χ0) is 13.0. The molecule has 17 heavy (non-hydrogen) atoms. The number of rotatable bonds is 3. The smallest absolute Gasteiger partial charge is 0.356 e. The van der Waals surface area contributed by atoms with Gasteiger partial charge in [0.05, 0.1) is 7.11 Å². The summed E-state index contributed by atoms with van der Waals surface area (Å²) in [7, 11) is 4.79. The number of nitrogens with zero attached hydrogens (tertiary/aromatic N) is 3. The molecule has 1 rings (SSSR count). The topological polar surface area (TPSA) is 101 Å². The van der Waals surface area contributed by atoms with E-state index in [1.165, 1.54) is 13.2 Å². The van der Waals surface area contributed by atoms with E-state index in [2.05, 4.69) is 14.9 Å². The van der Waals surface area contributed by atoms with Crippen LogP contribution in [0, 0.1) is 0 Å². The van der Waals surface area contributed by atoms with Crippen LogP contribution in [0.2, 0.25) is 0 Å². The number of aromatic nitrogens is 1. The summed E-state index contributed by atoms with van der Waals surface area (Å²) < 4.78 is 4.58. The predicted octanol–water partition coefficient (Wildman–Crippen LogP) is 0.0287. The molecule has 0 fully saturated rings. The number of anilines is 1. The molecule has 1 heterocycles. The van der Waals surface area contributed by atoms with Gasteiger partial charge in [0.2, 0.25) is 0 Å². The highest BCUT2D eigenvalue weighted by Crippen LogP contribution is 2.13. The van der Waals surface area contributed by atoms with Crippen molar-refractivity contribution in [1.29, 1.82) is 0 Å². The number of esters is 1.